The van der Waals surface area contributed by atoms with Gasteiger partial charge < -0.3 is 19.7 Å². The van der Waals surface area contributed by atoms with Gasteiger partial charge in [-0.2, -0.15) is 0 Å². The maximum absolute atomic E-state index is 12.1. The maximum Gasteiger partial charge on any atom is 0.258 e. The molecule has 0 atom stereocenters. The van der Waals surface area contributed by atoms with Crippen molar-refractivity contribution in [2.45, 2.75) is 0 Å². The van der Waals surface area contributed by atoms with Gasteiger partial charge in [-0.05, 0) is 48.5 Å². The van der Waals surface area contributed by atoms with Gasteiger partial charge in [-0.1, -0.05) is 11.6 Å². The standard InChI is InChI=1S/C18H19ClN2O4/c1-21(14-5-9-15(24-2)10-6-14)18(23)11-20-17(22)12-25-16-7-3-13(19)4-8-16/h3-10H,11-12H2,1-2H3,(H,20,22). The van der Waals surface area contributed by atoms with Gasteiger partial charge in [0.15, 0.2) is 6.61 Å². The molecule has 0 unspecified atom stereocenters. The van der Waals surface area contributed by atoms with Gasteiger partial charge in [0.05, 0.1) is 13.7 Å². The van der Waals surface area contributed by atoms with Gasteiger partial charge >= 0.3 is 0 Å². The molecule has 2 aromatic carbocycles. The van der Waals surface area contributed by atoms with Gasteiger partial charge in [-0.15, -0.1) is 0 Å². The van der Waals surface area contributed by atoms with Gasteiger partial charge in [0, 0.05) is 17.8 Å². The number of rotatable bonds is 7. The maximum atomic E-state index is 12.1. The molecular weight excluding hydrogens is 344 g/mol. The Morgan fingerprint density at radius 2 is 1.64 bits per heavy atom. The van der Waals surface area contributed by atoms with Gasteiger partial charge in [0.2, 0.25) is 5.91 Å². The molecule has 0 saturated heterocycles. The highest BCUT2D eigenvalue weighted by Crippen LogP contribution is 2.18. The van der Waals surface area contributed by atoms with Crippen LogP contribution in [-0.2, 0) is 9.59 Å². The molecule has 0 bridgehead atoms. The van der Waals surface area contributed by atoms with Crippen molar-refractivity contribution in [3.8, 4) is 11.5 Å². The van der Waals surface area contributed by atoms with Crippen LogP contribution in [0, 0.1) is 0 Å². The van der Waals surface area contributed by atoms with Gasteiger partial charge in [0.1, 0.15) is 11.5 Å². The Morgan fingerprint density at radius 1 is 1.04 bits per heavy atom. The van der Waals surface area contributed by atoms with Crippen molar-refractivity contribution in [2.24, 2.45) is 0 Å². The zero-order chi connectivity index (χ0) is 18.2. The highest BCUT2D eigenvalue weighted by molar-refractivity contribution is 6.30. The predicted octanol–water partition coefficient (Wildman–Crippen LogP) is 2.51. The molecular formula is C18H19ClN2O4. The lowest BCUT2D eigenvalue weighted by atomic mass is 10.3. The Bertz CT molecular complexity index is 717. The first-order valence-corrected chi connectivity index (χ1v) is 7.93. The first-order chi connectivity index (χ1) is 12.0. The smallest absolute Gasteiger partial charge is 0.258 e. The van der Waals surface area contributed by atoms with Crippen molar-refractivity contribution >= 4 is 29.1 Å². The second kappa shape index (κ2) is 8.94. The summed E-state index contributed by atoms with van der Waals surface area (Å²) in [6.45, 7) is -0.299. The lowest BCUT2D eigenvalue weighted by molar-refractivity contribution is -0.126. The number of hydrogen-bond acceptors (Lipinski definition) is 4. The van der Waals surface area contributed by atoms with E-state index in [0.29, 0.717) is 22.2 Å². The third kappa shape index (κ3) is 5.69. The molecule has 2 rings (SSSR count). The first-order valence-electron chi connectivity index (χ1n) is 7.55. The molecule has 25 heavy (non-hydrogen) atoms. The highest BCUT2D eigenvalue weighted by Gasteiger charge is 2.12. The average Bonchev–Trinajstić information content (AvgIpc) is 2.65. The molecule has 6 nitrogen and oxygen atoms in total. The molecule has 1 N–H and O–H groups in total. The van der Waals surface area contributed by atoms with E-state index in [1.54, 1.807) is 62.7 Å². The van der Waals surface area contributed by atoms with Gasteiger partial charge in [-0.3, -0.25) is 9.59 Å². The Morgan fingerprint density at radius 3 is 2.24 bits per heavy atom. The van der Waals surface area contributed by atoms with E-state index >= 15 is 0 Å². The fourth-order valence-electron chi connectivity index (χ4n) is 1.97. The quantitative estimate of drug-likeness (QED) is 0.821. The summed E-state index contributed by atoms with van der Waals surface area (Å²) in [5, 5.41) is 3.12. The van der Waals surface area contributed by atoms with Gasteiger partial charge in [-0.25, -0.2) is 0 Å². The van der Waals surface area contributed by atoms with E-state index in [0.717, 1.165) is 0 Å². The van der Waals surface area contributed by atoms with Crippen LogP contribution in [0.2, 0.25) is 5.02 Å². The molecule has 0 heterocycles. The van der Waals surface area contributed by atoms with Crippen LogP contribution in [0.5, 0.6) is 11.5 Å². The minimum absolute atomic E-state index is 0.120. The number of benzene rings is 2. The third-order valence-electron chi connectivity index (χ3n) is 3.45. The molecule has 0 aliphatic carbocycles. The van der Waals surface area contributed by atoms with E-state index in [9.17, 15) is 9.59 Å². The molecule has 0 saturated carbocycles. The largest absolute Gasteiger partial charge is 0.497 e. The molecule has 0 aliphatic heterocycles. The summed E-state index contributed by atoms with van der Waals surface area (Å²) in [6.07, 6.45) is 0. The molecule has 2 aromatic rings. The van der Waals surface area contributed by atoms with Crippen LogP contribution < -0.4 is 19.7 Å². The van der Waals surface area contributed by atoms with Crippen molar-refractivity contribution in [3.63, 3.8) is 0 Å². The van der Waals surface area contributed by atoms with Crippen LogP contribution in [-0.4, -0.2) is 39.1 Å². The summed E-state index contributed by atoms with van der Waals surface area (Å²) >= 11 is 5.77. The predicted molar refractivity (Wildman–Crippen MR) is 96.4 cm³/mol. The van der Waals surface area contributed by atoms with Gasteiger partial charge in [0.25, 0.3) is 5.91 Å². The minimum Gasteiger partial charge on any atom is -0.497 e. The SMILES string of the molecule is COc1ccc(N(C)C(=O)CNC(=O)COc2ccc(Cl)cc2)cc1. The van der Waals surface area contributed by atoms with Crippen molar-refractivity contribution < 1.29 is 19.1 Å². The van der Waals surface area contributed by atoms with E-state index in [4.69, 9.17) is 21.1 Å². The van der Waals surface area contributed by atoms with Crippen LogP contribution >= 0.6 is 11.6 Å². The zero-order valence-corrected chi connectivity index (χ0v) is 14.7. The van der Waals surface area contributed by atoms with Crippen molar-refractivity contribution in [1.82, 2.24) is 5.32 Å². The topological polar surface area (TPSA) is 67.9 Å². The lowest BCUT2D eigenvalue weighted by Crippen LogP contribution is -2.39. The number of nitrogens with zero attached hydrogens (tertiary/aromatic N) is 1. The van der Waals surface area contributed by atoms with Crippen molar-refractivity contribution in [2.75, 3.05) is 32.2 Å². The summed E-state index contributed by atoms with van der Waals surface area (Å²) in [5.74, 6) is 0.606. The number of nitrogens with one attached hydrogen (secondary N) is 1. The van der Waals surface area contributed by atoms with E-state index in [1.807, 2.05) is 0 Å². The second-order valence-corrected chi connectivity index (χ2v) is 5.61. The average molecular weight is 363 g/mol. The van der Waals surface area contributed by atoms with Crippen LogP contribution in [0.4, 0.5) is 5.69 Å². The van der Waals surface area contributed by atoms with E-state index in [-0.39, 0.29) is 25.0 Å². The van der Waals surface area contributed by atoms with E-state index in [1.165, 1.54) is 4.90 Å². The molecule has 0 spiro atoms. The number of carbonyl (C=O) groups excluding carboxylic acids is 2. The number of ether oxygens (including phenoxy) is 2. The minimum atomic E-state index is -0.383. The first kappa shape index (κ1) is 18.6. The fraction of sp³-hybridized carbons (Fsp3) is 0.222. The monoisotopic (exact) mass is 362 g/mol. The molecule has 7 heteroatoms. The summed E-state index contributed by atoms with van der Waals surface area (Å²) in [7, 11) is 3.21. The molecule has 0 fully saturated rings. The number of hydrogen-bond donors (Lipinski definition) is 1. The Labute approximate surface area is 151 Å². The Hall–Kier alpha value is -2.73. The highest BCUT2D eigenvalue weighted by atomic mass is 35.5. The summed E-state index contributed by atoms with van der Waals surface area (Å²) in [5.41, 5.74) is 0.706. The Kier molecular flexibility index (Phi) is 6.65. The molecule has 0 aromatic heterocycles. The van der Waals surface area contributed by atoms with E-state index < -0.39 is 0 Å². The summed E-state index contributed by atoms with van der Waals surface area (Å²) in [4.78, 5) is 25.4. The molecule has 0 aliphatic rings. The normalized spacial score (nSPS) is 10.0. The number of anilines is 1. The number of amides is 2. The number of likely N-dealkylation sites (N-methyl/N-ethyl adjacent to an activating group) is 1. The van der Waals surface area contributed by atoms with Crippen LogP contribution in [0.3, 0.4) is 0 Å². The second-order valence-electron chi connectivity index (χ2n) is 5.17. The molecule has 0 radical (unpaired) electrons. The molecule has 2 amide bonds. The summed E-state index contributed by atoms with van der Waals surface area (Å²) < 4.78 is 10.4. The number of carbonyl (C=O) groups is 2. The summed E-state index contributed by atoms with van der Waals surface area (Å²) in [6, 6.07) is 13.7. The van der Waals surface area contributed by atoms with Crippen LogP contribution in [0.1, 0.15) is 0 Å². The van der Waals surface area contributed by atoms with Crippen molar-refractivity contribution in [3.05, 3.63) is 53.6 Å². The number of halogens is 1. The Balaban J connectivity index is 1.77. The van der Waals surface area contributed by atoms with Crippen LogP contribution in [0.25, 0.3) is 0 Å². The molecule has 132 valence electrons. The zero-order valence-electron chi connectivity index (χ0n) is 14.0. The lowest BCUT2D eigenvalue weighted by Gasteiger charge is -2.18. The van der Waals surface area contributed by atoms with Crippen LogP contribution in [0.15, 0.2) is 48.5 Å². The third-order valence-corrected chi connectivity index (χ3v) is 3.71. The fourth-order valence-corrected chi connectivity index (χ4v) is 2.10. The van der Waals surface area contributed by atoms with Crippen molar-refractivity contribution in [1.29, 1.82) is 0 Å². The van der Waals surface area contributed by atoms with E-state index in [2.05, 4.69) is 5.32 Å². The number of methoxy groups -OCH3 is 1.